The number of carbonyl (C=O) groups is 2. The molecule has 0 N–H and O–H groups in total. The highest BCUT2D eigenvalue weighted by atomic mass is 19.4. The van der Waals surface area contributed by atoms with Gasteiger partial charge >= 0.3 is 49.4 Å². The highest BCUT2D eigenvalue weighted by molar-refractivity contribution is 7.20. The Hall–Kier alpha value is -8.15. The van der Waals surface area contributed by atoms with Gasteiger partial charge in [0.25, 0.3) is 18.0 Å². The van der Waals surface area contributed by atoms with Crippen LogP contribution < -0.4 is 26.4 Å². The molecule has 0 amide bonds. The molecule has 0 aliphatic heterocycles. The van der Waals surface area contributed by atoms with Gasteiger partial charge in [-0.3, -0.25) is 19.7 Å². The predicted molar refractivity (Wildman–Crippen MR) is 241 cm³/mol. The summed E-state index contributed by atoms with van der Waals surface area (Å²) in [7, 11) is 0. The van der Waals surface area contributed by atoms with E-state index < -0.39 is 212 Å². The highest BCUT2D eigenvalue weighted by Gasteiger charge is 2.47. The van der Waals surface area contributed by atoms with Crippen molar-refractivity contribution in [3.8, 4) is 0 Å². The van der Waals surface area contributed by atoms with Crippen molar-refractivity contribution in [1.29, 1.82) is 0 Å². The maximum atomic E-state index is 14.2. The Morgan fingerprint density at radius 3 is 0.951 bits per heavy atom. The van der Waals surface area contributed by atoms with Crippen LogP contribution in [0.3, 0.4) is 0 Å². The van der Waals surface area contributed by atoms with E-state index in [1.165, 1.54) is 4.57 Å². The zero-order chi connectivity index (χ0) is 61.7. The number of ketones is 2. The summed E-state index contributed by atoms with van der Waals surface area (Å²) in [6, 6.07) is 8.84. The maximum absolute atomic E-state index is 14.2. The number of hydrogen-bond donors (Lipinski definition) is 0. The molecule has 0 aliphatic rings. The molecule has 6 aromatic carbocycles. The van der Waals surface area contributed by atoms with Gasteiger partial charge in [-0.2, -0.15) is 132 Å². The molecule has 82 heavy (non-hydrogen) atoms. The highest BCUT2D eigenvalue weighted by Crippen LogP contribution is 2.41. The number of rotatable bonds is 10. The second-order valence-electron chi connectivity index (χ2n) is 17.8. The van der Waals surface area contributed by atoms with E-state index in [2.05, 4.69) is 0 Å². The number of benzene rings is 6. The largest absolute Gasteiger partial charge is 0.416 e. The van der Waals surface area contributed by atoms with Crippen molar-refractivity contribution >= 4 is 50.3 Å². The van der Waals surface area contributed by atoms with E-state index >= 15 is 0 Å². The Labute approximate surface area is 442 Å². The first kappa shape index (κ1) is 63.0. The van der Waals surface area contributed by atoms with Gasteiger partial charge in [0.1, 0.15) is 6.15 Å². The summed E-state index contributed by atoms with van der Waals surface area (Å²) in [6.45, 7) is -0.874. The fourth-order valence-corrected chi connectivity index (χ4v) is 8.83. The molecule has 1 aromatic heterocycles. The van der Waals surface area contributed by atoms with Crippen LogP contribution in [0.2, 0.25) is 0 Å². The second-order valence-corrected chi connectivity index (χ2v) is 17.8. The van der Waals surface area contributed by atoms with E-state index in [4.69, 9.17) is 0 Å². The molecule has 0 atom stereocenters. The number of fused-ring (bicyclic) bond motifs is 1. The van der Waals surface area contributed by atoms with Gasteiger partial charge in [0.05, 0.1) is 49.9 Å². The van der Waals surface area contributed by atoms with Gasteiger partial charge in [0, 0.05) is 16.6 Å². The van der Waals surface area contributed by atoms with Gasteiger partial charge in [0.15, 0.2) is 6.20 Å². The third-order valence-corrected chi connectivity index (χ3v) is 12.3. The number of nitro groups is 1. The lowest BCUT2D eigenvalue weighted by atomic mass is 9.12. The molecule has 0 radical (unpaired) electrons. The standard InChI is InChI=1S/C32H12BF24.C19H15N2O4/c34-25(35,36)13-1-14(26(37,38)39)6-21(5-13)33(22-7-15(27(40,41)42)2-16(8-22)28(43,44)45,23-9-17(29(46,47)48)3-18(10-23)30(49,50)51)24-11-19(31(52,53)54)4-20(12-24)32(55,56)57;22-17(15-7-2-1-3-8-15)12-20-11-10-14-6-4-5-9-16(14)19(20)18(23)13-21(24)25/h1-12H;1-11H,12-13H2/q-1;+1. The summed E-state index contributed by atoms with van der Waals surface area (Å²) in [6.07, 6.45) is -53.2. The number of halogens is 24. The number of aromatic nitrogens is 1. The van der Waals surface area contributed by atoms with Gasteiger partial charge in [-0.25, -0.2) is 0 Å². The molecule has 0 unspecified atom stereocenters. The maximum Gasteiger partial charge on any atom is 0.416 e. The molecule has 0 saturated carbocycles. The van der Waals surface area contributed by atoms with Crippen LogP contribution in [0.25, 0.3) is 10.8 Å². The minimum absolute atomic E-state index is 0.0619. The van der Waals surface area contributed by atoms with Crippen LogP contribution in [0.4, 0.5) is 105 Å². The molecule has 0 fully saturated rings. The number of hydrogen-bond acceptors (Lipinski definition) is 4. The molecule has 0 saturated heterocycles. The van der Waals surface area contributed by atoms with Crippen LogP contribution in [-0.2, 0) is 56.0 Å². The van der Waals surface area contributed by atoms with E-state index in [1.54, 1.807) is 48.7 Å². The van der Waals surface area contributed by atoms with Crippen molar-refractivity contribution < 1.29 is 124 Å². The van der Waals surface area contributed by atoms with Gasteiger partial charge < -0.3 is 0 Å². The molecule has 7 aromatic rings. The fraction of sp³-hybridized carbons (Fsp3) is 0.196. The minimum Gasteiger partial charge on any atom is -0.287 e. The smallest absolute Gasteiger partial charge is 0.287 e. The predicted octanol–water partition coefficient (Wildman–Crippen LogP) is 13.7. The van der Waals surface area contributed by atoms with Crippen LogP contribution in [0.5, 0.6) is 0 Å². The number of nitrogens with zero attached hydrogens (tertiary/aromatic N) is 2. The number of Topliss-reactive ketones (excluding diaryl/α,β-unsaturated/α-hetero) is 2. The Morgan fingerprint density at radius 2 is 0.671 bits per heavy atom. The third kappa shape index (κ3) is 14.1. The van der Waals surface area contributed by atoms with Gasteiger partial charge in [-0.1, -0.05) is 97.1 Å². The number of alkyl halides is 24. The molecule has 6 nitrogen and oxygen atoms in total. The van der Waals surface area contributed by atoms with Crippen LogP contribution in [-0.4, -0.2) is 29.2 Å². The lowest BCUT2D eigenvalue weighted by Gasteiger charge is -2.46. The van der Waals surface area contributed by atoms with E-state index in [1.807, 2.05) is 18.2 Å². The Kier molecular flexibility index (Phi) is 16.9. The normalized spacial score (nSPS) is 13.2. The fourth-order valence-electron chi connectivity index (χ4n) is 8.83. The van der Waals surface area contributed by atoms with Crippen molar-refractivity contribution in [2.75, 3.05) is 6.54 Å². The molecule has 436 valence electrons. The Balaban J connectivity index is 0.000000357. The molecule has 0 bridgehead atoms. The summed E-state index contributed by atoms with van der Waals surface area (Å²) in [5.74, 6) is -0.793. The average molecular weight is 1200 g/mol. The SMILES string of the molecule is FC(F)(F)c1cc([B-](c2cc(C(F)(F)F)cc(C(F)(F)F)c2)(c2cc(C(F)(F)F)cc(C(F)(F)F)c2)c2cc(C(F)(F)F)cc(C(F)(F)F)c2)cc(C(F)(F)F)c1.O=C(C[n+]1ccc2ccccc2c1C(=O)C[N+](=O)[O-])c1ccccc1. The average Bonchev–Trinajstić information content (AvgIpc) is 1.70. The van der Waals surface area contributed by atoms with Crippen molar-refractivity contribution in [1.82, 2.24) is 0 Å². The lowest BCUT2D eigenvalue weighted by Crippen LogP contribution is -2.75. The van der Waals surface area contributed by atoms with E-state index in [0.717, 1.165) is 5.39 Å². The van der Waals surface area contributed by atoms with E-state index in [9.17, 15) is 125 Å². The molecule has 0 aliphatic carbocycles. The monoisotopic (exact) mass is 1200 g/mol. The number of pyridine rings is 1. The van der Waals surface area contributed by atoms with E-state index in [-0.39, 0.29) is 18.0 Å². The Morgan fingerprint density at radius 1 is 0.390 bits per heavy atom. The van der Waals surface area contributed by atoms with E-state index in [0.29, 0.717) is 10.9 Å². The van der Waals surface area contributed by atoms with Gasteiger partial charge in [0.2, 0.25) is 12.3 Å². The zero-order valence-electron chi connectivity index (χ0n) is 39.9. The summed E-state index contributed by atoms with van der Waals surface area (Å²) in [5.41, 5.74) is -29.5. The van der Waals surface area contributed by atoms with Gasteiger partial charge in [-0.05, 0) is 35.7 Å². The molecular weight excluding hydrogens is 1170 g/mol. The van der Waals surface area contributed by atoms with Crippen molar-refractivity contribution in [3.63, 3.8) is 0 Å². The van der Waals surface area contributed by atoms with Crippen LogP contribution in [0, 0.1) is 10.1 Å². The third-order valence-electron chi connectivity index (χ3n) is 12.3. The topological polar surface area (TPSA) is 81.2 Å². The molecule has 7 rings (SSSR count). The van der Waals surface area contributed by atoms with Gasteiger partial charge in [-0.15, -0.1) is 0 Å². The zero-order valence-corrected chi connectivity index (χ0v) is 39.9. The Bertz CT molecular complexity index is 3120. The molecular formula is C51H27BF24N2O4. The summed E-state index contributed by atoms with van der Waals surface area (Å²) in [5, 5.41) is 12.2. The molecule has 31 heteroatoms. The lowest BCUT2D eigenvalue weighted by molar-refractivity contribution is -0.684. The minimum atomic E-state index is -6.13. The molecule has 0 spiro atoms. The first-order valence-corrected chi connectivity index (χ1v) is 22.3. The van der Waals surface area contributed by atoms with Crippen LogP contribution in [0.1, 0.15) is 65.4 Å². The summed E-state index contributed by atoms with van der Waals surface area (Å²) in [4.78, 5) is 35.0. The quantitative estimate of drug-likeness (QED) is 0.0341. The first-order valence-electron chi connectivity index (χ1n) is 22.3. The first-order chi connectivity index (χ1) is 37.3. The molecule has 1 heterocycles. The summed E-state index contributed by atoms with van der Waals surface area (Å²) < 4.78 is 342. The van der Waals surface area contributed by atoms with Crippen molar-refractivity contribution in [2.45, 2.75) is 56.0 Å². The van der Waals surface area contributed by atoms with Crippen molar-refractivity contribution in [2.24, 2.45) is 0 Å². The second kappa shape index (κ2) is 22.0. The summed E-state index contributed by atoms with van der Waals surface area (Å²) >= 11 is 0. The van der Waals surface area contributed by atoms with Crippen molar-refractivity contribution in [3.05, 3.63) is 206 Å². The van der Waals surface area contributed by atoms with Crippen LogP contribution >= 0.6 is 0 Å². The number of carbonyl (C=O) groups excluding carboxylic acids is 2. The van der Waals surface area contributed by atoms with Crippen LogP contribution in [0.15, 0.2) is 140 Å².